The highest BCUT2D eigenvalue weighted by Gasteiger charge is 2.47. The Morgan fingerprint density at radius 3 is 2.36 bits per heavy atom. The maximum absolute atomic E-state index is 14.1. The molecule has 0 saturated heterocycles. The Hall–Kier alpha value is -3.12. The van der Waals surface area contributed by atoms with Gasteiger partial charge in [-0.3, -0.25) is 10.1 Å². The SMILES string of the molecule is CC(C)C[C@H](N[C@H](c1ccc2c(c1)oc1cc(F)ccc12)C(F)(F)F)C(=O)NC1(C#N)CC1. The number of furan rings is 1. The summed E-state index contributed by atoms with van der Waals surface area (Å²) in [4.78, 5) is 12.8. The lowest BCUT2D eigenvalue weighted by Gasteiger charge is -2.29. The van der Waals surface area contributed by atoms with Crippen LogP contribution in [0, 0.1) is 23.1 Å². The molecule has 1 heterocycles. The number of carbonyl (C=O) groups is 1. The molecule has 2 atom stereocenters. The van der Waals surface area contributed by atoms with Crippen LogP contribution in [-0.2, 0) is 4.79 Å². The molecular formula is C24H23F4N3O2. The van der Waals surface area contributed by atoms with Crippen molar-refractivity contribution in [3.8, 4) is 6.07 Å². The monoisotopic (exact) mass is 461 g/mol. The number of carbonyl (C=O) groups excluding carboxylic acids is 1. The van der Waals surface area contributed by atoms with Gasteiger partial charge in [0.1, 0.15) is 28.6 Å². The van der Waals surface area contributed by atoms with Gasteiger partial charge < -0.3 is 9.73 Å². The van der Waals surface area contributed by atoms with Gasteiger partial charge in [0.2, 0.25) is 5.91 Å². The van der Waals surface area contributed by atoms with E-state index in [1.165, 1.54) is 36.4 Å². The minimum absolute atomic E-state index is 0.0629. The van der Waals surface area contributed by atoms with Gasteiger partial charge in [-0.05, 0) is 48.9 Å². The molecule has 9 heteroatoms. The standard InChI is InChI=1S/C24H23F4N3O2/c1-13(2)9-18(22(32)31-23(12-29)7-8-23)30-21(24(26,27)28)14-3-5-16-17-6-4-15(25)11-20(17)33-19(16)10-14/h3-6,10-11,13,18,21,30H,7-9H2,1-2H3,(H,31,32)/t18-,21+/m0/s1. The zero-order valence-electron chi connectivity index (χ0n) is 18.1. The Morgan fingerprint density at radius 2 is 1.79 bits per heavy atom. The number of hydrogen-bond donors (Lipinski definition) is 2. The zero-order chi connectivity index (χ0) is 24.0. The third kappa shape index (κ3) is 4.81. The van der Waals surface area contributed by atoms with Crippen molar-refractivity contribution < 1.29 is 26.8 Å². The van der Waals surface area contributed by atoms with Gasteiger partial charge in [0.15, 0.2) is 0 Å². The van der Waals surface area contributed by atoms with Gasteiger partial charge in [0.05, 0.1) is 12.1 Å². The first-order valence-corrected chi connectivity index (χ1v) is 10.7. The normalized spacial score (nSPS) is 17.2. The molecule has 4 rings (SSSR count). The highest BCUT2D eigenvalue weighted by atomic mass is 19.4. The minimum Gasteiger partial charge on any atom is -0.456 e. The fraction of sp³-hybridized carbons (Fsp3) is 0.417. The van der Waals surface area contributed by atoms with Crippen molar-refractivity contribution in [1.82, 2.24) is 10.6 Å². The number of nitriles is 1. The van der Waals surface area contributed by atoms with Crippen molar-refractivity contribution in [3.63, 3.8) is 0 Å². The average Bonchev–Trinajstić information content (AvgIpc) is 3.41. The summed E-state index contributed by atoms with van der Waals surface area (Å²) in [6, 6.07) is 6.78. The van der Waals surface area contributed by atoms with E-state index in [-0.39, 0.29) is 29.1 Å². The fourth-order valence-corrected chi connectivity index (χ4v) is 3.96. The summed E-state index contributed by atoms with van der Waals surface area (Å²) in [6.45, 7) is 3.61. The van der Waals surface area contributed by atoms with Crippen molar-refractivity contribution in [2.75, 3.05) is 0 Å². The largest absolute Gasteiger partial charge is 0.456 e. The van der Waals surface area contributed by atoms with E-state index in [2.05, 4.69) is 10.6 Å². The summed E-state index contributed by atoms with van der Waals surface area (Å²) >= 11 is 0. The predicted molar refractivity (Wildman–Crippen MR) is 115 cm³/mol. The highest BCUT2D eigenvalue weighted by Crippen LogP contribution is 2.38. The molecule has 1 aromatic heterocycles. The second-order valence-electron chi connectivity index (χ2n) is 9.00. The van der Waals surface area contributed by atoms with Crippen LogP contribution < -0.4 is 10.6 Å². The lowest BCUT2D eigenvalue weighted by molar-refractivity contribution is -0.161. The summed E-state index contributed by atoms with van der Waals surface area (Å²) in [7, 11) is 0. The maximum atomic E-state index is 14.1. The van der Waals surface area contributed by atoms with Crippen LogP contribution in [0.25, 0.3) is 21.9 Å². The zero-order valence-corrected chi connectivity index (χ0v) is 18.1. The molecule has 2 N–H and O–H groups in total. The molecule has 0 bridgehead atoms. The molecule has 1 aliphatic carbocycles. The van der Waals surface area contributed by atoms with Crippen molar-refractivity contribution >= 4 is 27.8 Å². The quantitative estimate of drug-likeness (QED) is 0.455. The molecule has 1 amide bonds. The molecule has 174 valence electrons. The first-order valence-electron chi connectivity index (χ1n) is 10.7. The summed E-state index contributed by atoms with van der Waals surface area (Å²) in [5.41, 5.74) is -0.681. The van der Waals surface area contributed by atoms with Crippen LogP contribution in [0.15, 0.2) is 40.8 Å². The van der Waals surface area contributed by atoms with Crippen molar-refractivity contribution in [1.29, 1.82) is 5.26 Å². The van der Waals surface area contributed by atoms with E-state index in [0.717, 1.165) is 0 Å². The Kier molecular flexibility index (Phi) is 5.83. The third-order valence-electron chi connectivity index (χ3n) is 5.84. The second-order valence-corrected chi connectivity index (χ2v) is 9.00. The molecule has 2 aromatic carbocycles. The number of nitrogens with one attached hydrogen (secondary N) is 2. The van der Waals surface area contributed by atoms with Crippen LogP contribution >= 0.6 is 0 Å². The Balaban J connectivity index is 1.67. The van der Waals surface area contributed by atoms with E-state index in [1.54, 1.807) is 13.8 Å². The number of rotatable bonds is 7. The minimum atomic E-state index is -4.70. The lowest BCUT2D eigenvalue weighted by Crippen LogP contribution is -2.52. The Bertz CT molecular complexity index is 1240. The first kappa shape index (κ1) is 23.1. The number of halogens is 4. The van der Waals surface area contributed by atoms with Crippen molar-refractivity contribution in [2.24, 2.45) is 5.92 Å². The molecule has 0 radical (unpaired) electrons. The molecule has 0 aliphatic heterocycles. The average molecular weight is 461 g/mol. The van der Waals surface area contributed by atoms with Crippen LogP contribution in [0.3, 0.4) is 0 Å². The summed E-state index contributed by atoms with van der Waals surface area (Å²) in [5.74, 6) is -1.20. The predicted octanol–water partition coefficient (Wildman–Crippen LogP) is 5.51. The van der Waals surface area contributed by atoms with Gasteiger partial charge in [-0.2, -0.15) is 18.4 Å². The Labute approximate surface area is 187 Å². The first-order chi connectivity index (χ1) is 15.5. The van der Waals surface area contributed by atoms with Crippen LogP contribution in [0.4, 0.5) is 17.6 Å². The fourth-order valence-electron chi connectivity index (χ4n) is 3.96. The maximum Gasteiger partial charge on any atom is 0.407 e. The summed E-state index contributed by atoms with van der Waals surface area (Å²) in [5, 5.41) is 15.5. The molecule has 0 unspecified atom stereocenters. The number of hydrogen-bond acceptors (Lipinski definition) is 4. The van der Waals surface area contributed by atoms with Gasteiger partial charge in [-0.15, -0.1) is 0 Å². The third-order valence-corrected chi connectivity index (χ3v) is 5.84. The molecule has 1 saturated carbocycles. The number of fused-ring (bicyclic) bond motifs is 3. The topological polar surface area (TPSA) is 78.1 Å². The van der Waals surface area contributed by atoms with E-state index in [4.69, 9.17) is 4.42 Å². The molecule has 3 aromatic rings. The number of amides is 1. The number of benzene rings is 2. The van der Waals surface area contributed by atoms with Crippen LogP contribution in [0.2, 0.25) is 0 Å². The van der Waals surface area contributed by atoms with Gasteiger partial charge in [0.25, 0.3) is 0 Å². The smallest absolute Gasteiger partial charge is 0.407 e. The number of nitrogens with zero attached hydrogens (tertiary/aromatic N) is 1. The highest BCUT2D eigenvalue weighted by molar-refractivity contribution is 6.05. The van der Waals surface area contributed by atoms with Crippen LogP contribution in [0.5, 0.6) is 0 Å². The molecule has 1 aliphatic rings. The van der Waals surface area contributed by atoms with E-state index in [0.29, 0.717) is 23.6 Å². The van der Waals surface area contributed by atoms with Crippen molar-refractivity contribution in [3.05, 3.63) is 47.8 Å². The van der Waals surface area contributed by atoms with E-state index in [9.17, 15) is 27.6 Å². The van der Waals surface area contributed by atoms with E-state index >= 15 is 0 Å². The second kappa shape index (κ2) is 8.34. The van der Waals surface area contributed by atoms with Crippen LogP contribution in [0.1, 0.15) is 44.7 Å². The van der Waals surface area contributed by atoms with Crippen molar-refractivity contribution in [2.45, 2.75) is 56.9 Å². The molecular weight excluding hydrogens is 438 g/mol. The van der Waals surface area contributed by atoms with Gasteiger partial charge in [0, 0.05) is 16.8 Å². The van der Waals surface area contributed by atoms with Crippen LogP contribution in [-0.4, -0.2) is 23.7 Å². The number of alkyl halides is 3. The van der Waals surface area contributed by atoms with Gasteiger partial charge in [-0.1, -0.05) is 26.0 Å². The Morgan fingerprint density at radius 1 is 1.15 bits per heavy atom. The van der Waals surface area contributed by atoms with E-state index in [1.807, 2.05) is 6.07 Å². The van der Waals surface area contributed by atoms with Gasteiger partial charge >= 0.3 is 6.18 Å². The molecule has 5 nitrogen and oxygen atoms in total. The lowest BCUT2D eigenvalue weighted by atomic mass is 9.98. The summed E-state index contributed by atoms with van der Waals surface area (Å²) in [6.07, 6.45) is -3.58. The molecule has 1 fully saturated rings. The molecule has 0 spiro atoms. The van der Waals surface area contributed by atoms with Gasteiger partial charge in [-0.25, -0.2) is 4.39 Å². The molecule has 33 heavy (non-hydrogen) atoms. The van der Waals surface area contributed by atoms with E-state index < -0.39 is 35.5 Å². The summed E-state index contributed by atoms with van der Waals surface area (Å²) < 4.78 is 61.5.